The number of nitrogens with two attached hydrogens (primary N) is 1. The maximum Gasteiger partial charge on any atom is 0.492 e. The summed E-state index contributed by atoms with van der Waals surface area (Å²) in [6.45, 7) is 7.63. The smallest absolute Gasteiger partial charge is 0.445 e. The lowest BCUT2D eigenvalue weighted by Gasteiger charge is -2.32. The number of hydrogen-bond donors (Lipinski definition) is 2. The van der Waals surface area contributed by atoms with Crippen molar-refractivity contribution in [3.05, 3.63) is 70.7 Å². The van der Waals surface area contributed by atoms with E-state index < -0.39 is 41.7 Å². The van der Waals surface area contributed by atoms with E-state index in [1.807, 2.05) is 58.0 Å². The third-order valence-electron chi connectivity index (χ3n) is 5.66. The van der Waals surface area contributed by atoms with Gasteiger partial charge in [-0.3, -0.25) is 0 Å². The molecule has 2 aromatic rings. The van der Waals surface area contributed by atoms with E-state index in [4.69, 9.17) is 19.8 Å². The minimum Gasteiger partial charge on any atom is -0.445 e. The van der Waals surface area contributed by atoms with Gasteiger partial charge in [0.05, 0.1) is 11.2 Å². The molecule has 1 aliphatic heterocycles. The monoisotopic (exact) mass is 444 g/mol. The summed E-state index contributed by atoms with van der Waals surface area (Å²) < 4.78 is 45.2. The van der Waals surface area contributed by atoms with E-state index in [-0.39, 0.29) is 18.7 Å². The fourth-order valence-electron chi connectivity index (χ4n) is 3.05. The topological polar surface area (TPSA) is 82.8 Å². The second-order valence-corrected chi connectivity index (χ2v) is 8.62. The lowest BCUT2D eigenvalue weighted by Crippen LogP contribution is -2.41. The summed E-state index contributed by atoms with van der Waals surface area (Å²) in [6.07, 6.45) is 0.858. The summed E-state index contributed by atoms with van der Waals surface area (Å²) in [5.74, 6) is -1.75. The Balaban J connectivity index is 1.77. The average Bonchev–Trinajstić information content (AvgIpc) is 2.95. The quantitative estimate of drug-likeness (QED) is 0.507. The van der Waals surface area contributed by atoms with Crippen LogP contribution in [0.1, 0.15) is 38.8 Å². The van der Waals surface area contributed by atoms with E-state index in [0.717, 1.165) is 17.7 Å². The molecule has 0 unspecified atom stereocenters. The first-order valence-corrected chi connectivity index (χ1v) is 10.2. The Morgan fingerprint density at radius 1 is 1.09 bits per heavy atom. The van der Waals surface area contributed by atoms with Crippen molar-refractivity contribution < 1.29 is 27.6 Å². The van der Waals surface area contributed by atoms with Gasteiger partial charge in [-0.2, -0.15) is 0 Å². The number of carbonyl (C=O) groups is 1. The number of nitrogen functional groups attached to an aromatic ring is 1. The molecule has 1 amide bonds. The van der Waals surface area contributed by atoms with Crippen LogP contribution in [0.3, 0.4) is 0 Å². The first-order chi connectivity index (χ1) is 15.0. The van der Waals surface area contributed by atoms with Gasteiger partial charge in [-0.1, -0.05) is 36.4 Å². The molecule has 1 heterocycles. The molecule has 170 valence electrons. The summed E-state index contributed by atoms with van der Waals surface area (Å²) in [4.78, 5) is 12.2. The zero-order chi connectivity index (χ0) is 23.5. The number of nitrogens with one attached hydrogen (secondary N) is 1. The van der Waals surface area contributed by atoms with Gasteiger partial charge in [0.15, 0.2) is 0 Å². The number of carbonyl (C=O) groups excluding carboxylic acids is 1. The van der Waals surface area contributed by atoms with E-state index >= 15 is 0 Å². The Labute approximate surface area is 186 Å². The highest BCUT2D eigenvalue weighted by molar-refractivity contribution is 6.56. The van der Waals surface area contributed by atoms with Gasteiger partial charge >= 0.3 is 13.2 Å². The van der Waals surface area contributed by atoms with Gasteiger partial charge in [0, 0.05) is 6.54 Å². The molecule has 1 saturated heterocycles. The third-order valence-corrected chi connectivity index (χ3v) is 5.66. The van der Waals surface area contributed by atoms with Gasteiger partial charge in [-0.05, 0) is 56.4 Å². The van der Waals surface area contributed by atoms with Gasteiger partial charge in [0.1, 0.15) is 23.9 Å². The van der Waals surface area contributed by atoms with Crippen LogP contribution in [0.2, 0.25) is 0 Å². The Morgan fingerprint density at radius 3 is 2.22 bits per heavy atom. The maximum absolute atomic E-state index is 13.9. The molecule has 6 nitrogen and oxygen atoms in total. The molecule has 0 atom stereocenters. The molecule has 0 bridgehead atoms. The summed E-state index contributed by atoms with van der Waals surface area (Å²) in [5, 5.41) is 2.64. The number of halogens is 2. The Morgan fingerprint density at radius 2 is 1.66 bits per heavy atom. The minimum absolute atomic E-state index is 0.0158. The highest BCUT2D eigenvalue weighted by atomic mass is 19.1. The average molecular weight is 444 g/mol. The predicted molar refractivity (Wildman–Crippen MR) is 119 cm³/mol. The second kappa shape index (κ2) is 9.30. The molecule has 0 spiro atoms. The zero-order valence-corrected chi connectivity index (χ0v) is 18.6. The van der Waals surface area contributed by atoms with Crippen LogP contribution < -0.4 is 11.1 Å². The number of benzene rings is 2. The Bertz CT molecular complexity index is 973. The van der Waals surface area contributed by atoms with Crippen molar-refractivity contribution in [2.45, 2.75) is 45.5 Å². The molecule has 1 fully saturated rings. The van der Waals surface area contributed by atoms with E-state index in [0.29, 0.717) is 5.47 Å². The van der Waals surface area contributed by atoms with E-state index in [2.05, 4.69) is 5.32 Å². The number of ether oxygens (including phenoxy) is 1. The molecule has 0 aromatic heterocycles. The largest absolute Gasteiger partial charge is 0.492 e. The number of amides is 1. The first kappa shape index (κ1) is 23.8. The fourth-order valence-corrected chi connectivity index (χ4v) is 3.05. The highest BCUT2D eigenvalue weighted by Crippen LogP contribution is 2.38. The molecular weight excluding hydrogens is 417 g/mol. The van der Waals surface area contributed by atoms with Crippen molar-refractivity contribution in [1.82, 2.24) is 5.32 Å². The first-order valence-electron chi connectivity index (χ1n) is 10.2. The summed E-state index contributed by atoms with van der Waals surface area (Å²) in [5.41, 5.74) is 5.06. The Hall–Kier alpha value is -2.91. The third kappa shape index (κ3) is 5.47. The van der Waals surface area contributed by atoms with Crippen LogP contribution in [-0.2, 0) is 20.7 Å². The SMILES string of the molecule is CC1(C)OB(C(=Cc2cc(F)c(N)c(F)c2)CNC(=O)OCc2ccccc2)OC1(C)C. The molecule has 9 heteroatoms. The lowest BCUT2D eigenvalue weighted by molar-refractivity contribution is 0.00578. The molecule has 0 radical (unpaired) electrons. The van der Waals surface area contributed by atoms with Gasteiger partial charge in [-0.15, -0.1) is 0 Å². The van der Waals surface area contributed by atoms with Gasteiger partial charge in [0.2, 0.25) is 0 Å². The van der Waals surface area contributed by atoms with Crippen LogP contribution >= 0.6 is 0 Å². The van der Waals surface area contributed by atoms with Crippen LogP contribution in [0.25, 0.3) is 6.08 Å². The molecule has 0 saturated carbocycles. The second-order valence-electron chi connectivity index (χ2n) is 8.62. The van der Waals surface area contributed by atoms with E-state index in [1.165, 1.54) is 6.08 Å². The zero-order valence-electron chi connectivity index (χ0n) is 18.6. The molecule has 1 aliphatic rings. The van der Waals surface area contributed by atoms with Gasteiger partial charge in [0.25, 0.3) is 0 Å². The van der Waals surface area contributed by atoms with Crippen LogP contribution in [0.5, 0.6) is 0 Å². The van der Waals surface area contributed by atoms with Crippen molar-refractivity contribution in [2.75, 3.05) is 12.3 Å². The number of alkyl carbamates (subject to hydrolysis) is 1. The molecule has 2 aromatic carbocycles. The number of hydrogen-bond acceptors (Lipinski definition) is 5. The van der Waals surface area contributed by atoms with Crippen molar-refractivity contribution >= 4 is 25.0 Å². The molecule has 3 N–H and O–H groups in total. The minimum atomic E-state index is -0.875. The number of rotatable bonds is 6. The predicted octanol–water partition coefficient (Wildman–Crippen LogP) is 4.49. The van der Waals surface area contributed by atoms with Crippen LogP contribution in [0.15, 0.2) is 47.9 Å². The van der Waals surface area contributed by atoms with Crippen LogP contribution in [-0.4, -0.2) is 31.0 Å². The standard InChI is InChI=1S/C23H27BF2N2O4/c1-22(2)23(3,4)32-24(31-22)17(10-16-11-18(25)20(27)19(26)12-16)13-28-21(29)30-14-15-8-6-5-7-9-15/h5-12H,13-14,27H2,1-4H3,(H,28,29). The highest BCUT2D eigenvalue weighted by Gasteiger charge is 2.52. The fraction of sp³-hybridized carbons (Fsp3) is 0.348. The van der Waals surface area contributed by atoms with Crippen molar-refractivity contribution in [3.8, 4) is 0 Å². The normalized spacial score (nSPS) is 17.3. The summed E-state index contributed by atoms with van der Waals surface area (Å²) in [6, 6.07) is 11.5. The maximum atomic E-state index is 13.9. The molecule has 3 rings (SSSR count). The van der Waals surface area contributed by atoms with Crippen molar-refractivity contribution in [1.29, 1.82) is 0 Å². The van der Waals surface area contributed by atoms with E-state index in [1.54, 1.807) is 0 Å². The molecular formula is C23H27BF2N2O4. The van der Waals surface area contributed by atoms with Crippen LogP contribution in [0, 0.1) is 11.6 Å². The van der Waals surface area contributed by atoms with Crippen molar-refractivity contribution in [3.63, 3.8) is 0 Å². The summed E-state index contributed by atoms with van der Waals surface area (Å²) >= 11 is 0. The van der Waals surface area contributed by atoms with Gasteiger partial charge < -0.3 is 25.1 Å². The lowest BCUT2D eigenvalue weighted by atomic mass is 9.77. The van der Waals surface area contributed by atoms with Crippen molar-refractivity contribution in [2.24, 2.45) is 0 Å². The molecule has 32 heavy (non-hydrogen) atoms. The van der Waals surface area contributed by atoms with E-state index in [9.17, 15) is 13.6 Å². The number of anilines is 1. The Kier molecular flexibility index (Phi) is 6.90. The summed E-state index contributed by atoms with van der Waals surface area (Å²) in [7, 11) is -0.835. The van der Waals surface area contributed by atoms with Gasteiger partial charge in [-0.25, -0.2) is 13.6 Å². The van der Waals surface area contributed by atoms with Crippen LogP contribution in [0.4, 0.5) is 19.3 Å². The molecule has 0 aliphatic carbocycles.